The van der Waals surface area contributed by atoms with Gasteiger partial charge in [-0.2, -0.15) is 0 Å². The van der Waals surface area contributed by atoms with E-state index in [1.165, 1.54) is 11.3 Å². The number of hydrogen-bond donors (Lipinski definition) is 0. The van der Waals surface area contributed by atoms with Crippen LogP contribution in [0.3, 0.4) is 0 Å². The maximum absolute atomic E-state index is 12.2. The molecule has 20 heavy (non-hydrogen) atoms. The van der Waals surface area contributed by atoms with E-state index in [1.807, 2.05) is 26.0 Å². The van der Waals surface area contributed by atoms with Crippen LogP contribution in [0.2, 0.25) is 0 Å². The molecule has 1 unspecified atom stereocenters. The molecular weight excluding hydrogens is 248 g/mol. The van der Waals surface area contributed by atoms with Crippen LogP contribution in [0.25, 0.3) is 0 Å². The van der Waals surface area contributed by atoms with Crippen LogP contribution in [0, 0.1) is 5.92 Å². The van der Waals surface area contributed by atoms with E-state index in [4.69, 9.17) is 0 Å². The minimum Gasteiger partial charge on any atom is -0.378 e. The Morgan fingerprint density at radius 2 is 1.90 bits per heavy atom. The van der Waals surface area contributed by atoms with E-state index in [1.54, 1.807) is 0 Å². The van der Waals surface area contributed by atoms with Crippen molar-refractivity contribution in [1.82, 2.24) is 4.90 Å². The third kappa shape index (κ3) is 3.86. The lowest BCUT2D eigenvalue weighted by Crippen LogP contribution is -2.27. The van der Waals surface area contributed by atoms with Crippen LogP contribution in [0.1, 0.15) is 24.8 Å². The molecule has 3 heteroatoms. The monoisotopic (exact) mass is 272 g/mol. The number of nitrogens with zero attached hydrogens (tertiary/aromatic N) is 2. The molecule has 0 spiro atoms. The fourth-order valence-electron chi connectivity index (χ4n) is 2.51. The molecule has 1 aliphatic rings. The van der Waals surface area contributed by atoms with Crippen LogP contribution < -0.4 is 4.90 Å². The molecule has 0 aliphatic heterocycles. The Labute approximate surface area is 121 Å². The van der Waals surface area contributed by atoms with Crippen molar-refractivity contribution in [3.63, 3.8) is 0 Å². The van der Waals surface area contributed by atoms with Crippen molar-refractivity contribution in [3.8, 4) is 0 Å². The second-order valence-electron chi connectivity index (χ2n) is 5.78. The van der Waals surface area contributed by atoms with E-state index in [0.29, 0.717) is 18.9 Å². The van der Waals surface area contributed by atoms with Crippen molar-refractivity contribution >= 4 is 11.6 Å². The molecular formula is C17H24N2O. The molecule has 0 bridgehead atoms. The molecule has 0 radical (unpaired) electrons. The summed E-state index contributed by atoms with van der Waals surface area (Å²) in [5.74, 6) is 0.680. The number of benzene rings is 1. The predicted molar refractivity (Wildman–Crippen MR) is 83.7 cm³/mol. The molecule has 3 nitrogen and oxygen atoms in total. The molecule has 0 fully saturated rings. The van der Waals surface area contributed by atoms with Gasteiger partial charge in [0.1, 0.15) is 0 Å². The molecule has 1 aliphatic carbocycles. The van der Waals surface area contributed by atoms with Crippen LogP contribution >= 0.6 is 0 Å². The van der Waals surface area contributed by atoms with Crippen molar-refractivity contribution < 1.29 is 4.79 Å². The number of amides is 1. The maximum Gasteiger partial charge on any atom is 0.223 e. The molecule has 1 aromatic rings. The maximum atomic E-state index is 12.2. The lowest BCUT2D eigenvalue weighted by molar-refractivity contribution is -0.131. The average molecular weight is 272 g/mol. The smallest absolute Gasteiger partial charge is 0.223 e. The highest BCUT2D eigenvalue weighted by atomic mass is 16.2. The molecule has 0 aromatic heterocycles. The minimum absolute atomic E-state index is 0.234. The summed E-state index contributed by atoms with van der Waals surface area (Å²) in [5, 5.41) is 0. The number of allylic oxidation sites excluding steroid dienone is 2. The van der Waals surface area contributed by atoms with Crippen molar-refractivity contribution in [3.05, 3.63) is 42.0 Å². The molecule has 0 heterocycles. The van der Waals surface area contributed by atoms with E-state index >= 15 is 0 Å². The highest BCUT2D eigenvalue weighted by molar-refractivity contribution is 5.76. The van der Waals surface area contributed by atoms with Gasteiger partial charge in [0, 0.05) is 39.8 Å². The third-order valence-corrected chi connectivity index (χ3v) is 3.85. The van der Waals surface area contributed by atoms with E-state index in [-0.39, 0.29) is 5.91 Å². The molecule has 0 N–H and O–H groups in total. The molecule has 1 amide bonds. The van der Waals surface area contributed by atoms with Crippen molar-refractivity contribution in [2.24, 2.45) is 5.92 Å². The van der Waals surface area contributed by atoms with Gasteiger partial charge in [0.15, 0.2) is 0 Å². The van der Waals surface area contributed by atoms with Gasteiger partial charge in [-0.3, -0.25) is 4.79 Å². The van der Waals surface area contributed by atoms with Crippen LogP contribution in [0.15, 0.2) is 36.4 Å². The second kappa shape index (κ2) is 6.60. The molecule has 1 aromatic carbocycles. The van der Waals surface area contributed by atoms with Gasteiger partial charge in [-0.25, -0.2) is 0 Å². The molecule has 2 rings (SSSR count). The summed E-state index contributed by atoms with van der Waals surface area (Å²) < 4.78 is 0. The van der Waals surface area contributed by atoms with E-state index in [2.05, 4.69) is 41.3 Å². The van der Waals surface area contributed by atoms with Gasteiger partial charge in [0.25, 0.3) is 0 Å². The first-order chi connectivity index (χ1) is 9.56. The van der Waals surface area contributed by atoms with E-state index < -0.39 is 0 Å². The first-order valence-electron chi connectivity index (χ1n) is 7.23. The van der Waals surface area contributed by atoms with Crippen molar-refractivity contribution in [1.29, 1.82) is 0 Å². The highest BCUT2D eigenvalue weighted by Crippen LogP contribution is 2.21. The molecule has 0 saturated carbocycles. The lowest BCUT2D eigenvalue weighted by Gasteiger charge is -2.20. The van der Waals surface area contributed by atoms with Crippen molar-refractivity contribution in [2.75, 3.05) is 26.0 Å². The quantitative estimate of drug-likeness (QED) is 0.769. The van der Waals surface area contributed by atoms with Crippen LogP contribution in [-0.4, -0.2) is 32.0 Å². The Balaban J connectivity index is 1.88. The molecule has 108 valence electrons. The average Bonchev–Trinajstić information content (AvgIpc) is 2.92. The highest BCUT2D eigenvalue weighted by Gasteiger charge is 2.17. The summed E-state index contributed by atoms with van der Waals surface area (Å²) >= 11 is 0. The fourth-order valence-corrected chi connectivity index (χ4v) is 2.51. The zero-order valence-corrected chi connectivity index (χ0v) is 12.7. The lowest BCUT2D eigenvalue weighted by atomic mass is 10.0. The Hall–Kier alpha value is -1.77. The van der Waals surface area contributed by atoms with Gasteiger partial charge in [-0.15, -0.1) is 0 Å². The number of anilines is 1. The number of carbonyl (C=O) groups excluding carboxylic acids is 1. The third-order valence-electron chi connectivity index (χ3n) is 3.85. The van der Waals surface area contributed by atoms with Crippen molar-refractivity contribution in [2.45, 2.75) is 25.8 Å². The molecule has 0 saturated heterocycles. The SMILES string of the molecule is CN(Cc1ccc(N(C)C)cc1)C(=O)CC1C=CCC1. The summed E-state index contributed by atoms with van der Waals surface area (Å²) in [4.78, 5) is 16.1. The predicted octanol–water partition coefficient (Wildman–Crippen LogP) is 3.07. The largest absolute Gasteiger partial charge is 0.378 e. The van der Waals surface area contributed by atoms with E-state index in [9.17, 15) is 4.79 Å². The van der Waals surface area contributed by atoms with Gasteiger partial charge in [-0.1, -0.05) is 24.3 Å². The summed E-state index contributed by atoms with van der Waals surface area (Å²) in [5.41, 5.74) is 2.35. The van der Waals surface area contributed by atoms with Gasteiger partial charge < -0.3 is 9.80 Å². The Bertz CT molecular complexity index is 476. The van der Waals surface area contributed by atoms with Crippen LogP contribution in [0.5, 0.6) is 0 Å². The number of rotatable bonds is 5. The standard InChI is InChI=1S/C17H24N2O/c1-18(2)16-10-8-15(9-11-16)13-19(3)17(20)12-14-6-4-5-7-14/h4,6,8-11,14H,5,7,12-13H2,1-3H3. The summed E-state index contributed by atoms with van der Waals surface area (Å²) in [6.07, 6.45) is 7.24. The summed E-state index contributed by atoms with van der Waals surface area (Å²) in [6.45, 7) is 0.684. The van der Waals surface area contributed by atoms with Gasteiger partial charge in [0.2, 0.25) is 5.91 Å². The van der Waals surface area contributed by atoms with Gasteiger partial charge in [-0.05, 0) is 36.5 Å². The van der Waals surface area contributed by atoms with Gasteiger partial charge >= 0.3 is 0 Å². The zero-order valence-electron chi connectivity index (χ0n) is 12.7. The van der Waals surface area contributed by atoms with E-state index in [0.717, 1.165) is 12.8 Å². The molecule has 1 atom stereocenters. The summed E-state index contributed by atoms with van der Waals surface area (Å²) in [7, 11) is 5.94. The number of hydrogen-bond acceptors (Lipinski definition) is 2. The van der Waals surface area contributed by atoms with Crippen LogP contribution in [0.4, 0.5) is 5.69 Å². The Morgan fingerprint density at radius 3 is 2.45 bits per heavy atom. The summed E-state index contributed by atoms with van der Waals surface area (Å²) in [6, 6.07) is 8.36. The van der Waals surface area contributed by atoms with Gasteiger partial charge in [0.05, 0.1) is 0 Å². The topological polar surface area (TPSA) is 23.6 Å². The Morgan fingerprint density at radius 1 is 1.20 bits per heavy atom. The van der Waals surface area contributed by atoms with Crippen LogP contribution in [-0.2, 0) is 11.3 Å². The normalized spacial score (nSPS) is 17.2. The first-order valence-corrected chi connectivity index (χ1v) is 7.23. The Kier molecular flexibility index (Phi) is 4.83. The first kappa shape index (κ1) is 14.6. The number of carbonyl (C=O) groups is 1. The fraction of sp³-hybridized carbons (Fsp3) is 0.471. The zero-order chi connectivity index (χ0) is 14.5. The minimum atomic E-state index is 0.234. The second-order valence-corrected chi connectivity index (χ2v) is 5.78.